The highest BCUT2D eigenvalue weighted by molar-refractivity contribution is 5.68. The first-order valence-electron chi connectivity index (χ1n) is 9.49. The van der Waals surface area contributed by atoms with Crippen molar-refractivity contribution in [1.82, 2.24) is 24.3 Å². The number of imidazole rings is 1. The zero-order valence-corrected chi connectivity index (χ0v) is 15.9. The first-order valence-corrected chi connectivity index (χ1v) is 9.49. The quantitative estimate of drug-likeness (QED) is 0.531. The van der Waals surface area contributed by atoms with Crippen molar-refractivity contribution >= 4 is 5.65 Å². The summed E-state index contributed by atoms with van der Waals surface area (Å²) in [5, 5.41) is 0. The van der Waals surface area contributed by atoms with E-state index in [-0.39, 0.29) is 0 Å². The van der Waals surface area contributed by atoms with Gasteiger partial charge >= 0.3 is 0 Å². The Hall–Kier alpha value is -3.28. The van der Waals surface area contributed by atoms with E-state index in [1.165, 1.54) is 5.56 Å². The summed E-state index contributed by atoms with van der Waals surface area (Å²) in [6.45, 7) is 4.58. The van der Waals surface area contributed by atoms with Gasteiger partial charge in [0.1, 0.15) is 11.5 Å². The average molecular weight is 371 g/mol. The van der Waals surface area contributed by atoms with Crippen molar-refractivity contribution in [3.05, 3.63) is 72.3 Å². The monoisotopic (exact) mass is 371 g/mol. The lowest BCUT2D eigenvalue weighted by Crippen LogP contribution is -2.06. The van der Waals surface area contributed by atoms with Crippen LogP contribution in [-0.4, -0.2) is 30.9 Å². The number of nitrogens with zero attached hydrogens (tertiary/aromatic N) is 5. The van der Waals surface area contributed by atoms with Gasteiger partial charge in [-0.2, -0.15) is 4.98 Å². The molecule has 0 N–H and O–H groups in total. The van der Waals surface area contributed by atoms with Crippen molar-refractivity contribution in [2.24, 2.45) is 5.92 Å². The molecule has 6 heteroatoms. The summed E-state index contributed by atoms with van der Waals surface area (Å²) < 4.78 is 8.15. The van der Waals surface area contributed by atoms with Crippen molar-refractivity contribution in [3.8, 4) is 17.0 Å². The van der Waals surface area contributed by atoms with Crippen molar-refractivity contribution in [2.45, 2.75) is 26.2 Å². The first kappa shape index (κ1) is 16.9. The molecule has 6 nitrogen and oxygen atoms in total. The molecule has 0 unspecified atom stereocenters. The van der Waals surface area contributed by atoms with Crippen molar-refractivity contribution in [2.75, 3.05) is 6.61 Å². The fraction of sp³-hybridized carbons (Fsp3) is 0.273. The van der Waals surface area contributed by atoms with E-state index in [0.717, 1.165) is 28.9 Å². The molecule has 0 bridgehead atoms. The van der Waals surface area contributed by atoms with Crippen LogP contribution in [-0.2, 0) is 0 Å². The molecule has 0 aliphatic heterocycles. The van der Waals surface area contributed by atoms with Crippen LogP contribution < -0.4 is 4.74 Å². The normalized spacial score (nSPS) is 18.4. The van der Waals surface area contributed by atoms with Crippen LogP contribution in [0, 0.1) is 19.8 Å². The van der Waals surface area contributed by atoms with E-state index in [0.29, 0.717) is 30.1 Å². The van der Waals surface area contributed by atoms with Gasteiger partial charge in [0.2, 0.25) is 5.88 Å². The lowest BCUT2D eigenvalue weighted by atomic mass is 10.1. The molecule has 28 heavy (non-hydrogen) atoms. The van der Waals surface area contributed by atoms with Crippen LogP contribution in [0.2, 0.25) is 0 Å². The third-order valence-electron chi connectivity index (χ3n) is 5.24. The van der Waals surface area contributed by atoms with Crippen LogP contribution in [0.5, 0.6) is 5.88 Å². The summed E-state index contributed by atoms with van der Waals surface area (Å²) in [7, 11) is 0. The molecule has 0 aromatic carbocycles. The topological polar surface area (TPSA) is 65.2 Å². The predicted octanol–water partition coefficient (Wildman–Crippen LogP) is 3.99. The molecule has 140 valence electrons. The van der Waals surface area contributed by atoms with Crippen molar-refractivity contribution < 1.29 is 4.74 Å². The summed E-state index contributed by atoms with van der Waals surface area (Å²) >= 11 is 0. The molecule has 5 rings (SSSR count). The highest BCUT2D eigenvalue weighted by Gasteiger charge is 2.40. The van der Waals surface area contributed by atoms with E-state index in [4.69, 9.17) is 4.74 Å². The molecule has 1 aliphatic rings. The highest BCUT2D eigenvalue weighted by atomic mass is 16.5. The summed E-state index contributed by atoms with van der Waals surface area (Å²) in [6, 6.07) is 8.26. The lowest BCUT2D eigenvalue weighted by Gasteiger charge is -2.11. The number of aromatic nitrogens is 5. The smallest absolute Gasteiger partial charge is 0.224 e. The number of hydrogen-bond donors (Lipinski definition) is 0. The maximum Gasteiger partial charge on any atom is 0.224 e. The Morgan fingerprint density at radius 1 is 1.07 bits per heavy atom. The van der Waals surface area contributed by atoms with Crippen LogP contribution in [0.4, 0.5) is 0 Å². The third kappa shape index (κ3) is 3.22. The molecule has 0 amide bonds. The van der Waals surface area contributed by atoms with Crippen LogP contribution in [0.1, 0.15) is 29.4 Å². The Morgan fingerprint density at radius 3 is 2.86 bits per heavy atom. The molecule has 4 aromatic rings. The summed E-state index contributed by atoms with van der Waals surface area (Å²) in [6.07, 6.45) is 10.6. The molecule has 4 heterocycles. The SMILES string of the molecule is Cc1ccc([C@H]2C[C@@H]2COc2nc(C)ncc2-c2ccc3nccn3c2)nc1. The molecule has 1 saturated carbocycles. The Bertz CT molecular complexity index is 1140. The molecule has 4 aromatic heterocycles. The average Bonchev–Trinajstić information content (AvgIpc) is 3.32. The molecule has 0 radical (unpaired) electrons. The van der Waals surface area contributed by atoms with Gasteiger partial charge in [-0.05, 0) is 44.0 Å². The largest absolute Gasteiger partial charge is 0.477 e. The summed E-state index contributed by atoms with van der Waals surface area (Å²) in [5.74, 6) is 2.30. The van der Waals surface area contributed by atoms with Crippen LogP contribution in [0.3, 0.4) is 0 Å². The van der Waals surface area contributed by atoms with Gasteiger partial charge in [-0.1, -0.05) is 6.07 Å². The standard InChI is InChI=1S/C22H21N5O/c1-14-3-5-20(25-10-14)18-9-17(18)13-28-22-19(11-24-15(2)26-22)16-4-6-21-23-7-8-27(21)12-16/h3-8,10-12,17-18H,9,13H2,1-2H3/t17-,18+/m1/s1. The second kappa shape index (κ2) is 6.71. The minimum absolute atomic E-state index is 0.481. The fourth-order valence-corrected chi connectivity index (χ4v) is 3.52. The van der Waals surface area contributed by atoms with Gasteiger partial charge in [0.15, 0.2) is 0 Å². The third-order valence-corrected chi connectivity index (χ3v) is 5.24. The molecule has 0 saturated heterocycles. The molecule has 0 spiro atoms. The first-order chi connectivity index (χ1) is 13.7. The number of ether oxygens (including phenoxy) is 1. The summed E-state index contributed by atoms with van der Waals surface area (Å²) in [4.78, 5) is 17.8. The number of pyridine rings is 2. The van der Waals surface area contributed by atoms with Crippen molar-refractivity contribution in [3.63, 3.8) is 0 Å². The Morgan fingerprint density at radius 2 is 2.00 bits per heavy atom. The molecular formula is C22H21N5O. The van der Waals surface area contributed by atoms with E-state index >= 15 is 0 Å². The number of rotatable bonds is 5. The fourth-order valence-electron chi connectivity index (χ4n) is 3.52. The van der Waals surface area contributed by atoms with Gasteiger partial charge in [-0.3, -0.25) is 4.98 Å². The van der Waals surface area contributed by atoms with Gasteiger partial charge < -0.3 is 9.14 Å². The minimum Gasteiger partial charge on any atom is -0.477 e. The van der Waals surface area contributed by atoms with E-state index in [1.807, 2.05) is 48.2 Å². The van der Waals surface area contributed by atoms with Crippen LogP contribution >= 0.6 is 0 Å². The maximum atomic E-state index is 6.16. The molecule has 1 fully saturated rings. The van der Waals surface area contributed by atoms with E-state index in [9.17, 15) is 0 Å². The van der Waals surface area contributed by atoms with Gasteiger partial charge in [0.25, 0.3) is 0 Å². The zero-order valence-electron chi connectivity index (χ0n) is 15.9. The van der Waals surface area contributed by atoms with Gasteiger partial charge in [-0.15, -0.1) is 0 Å². The minimum atomic E-state index is 0.481. The van der Waals surface area contributed by atoms with Crippen molar-refractivity contribution in [1.29, 1.82) is 0 Å². The zero-order chi connectivity index (χ0) is 19.1. The Kier molecular flexibility index (Phi) is 4.04. The predicted molar refractivity (Wildman–Crippen MR) is 106 cm³/mol. The number of aryl methyl sites for hydroxylation is 2. The Labute approximate surface area is 163 Å². The lowest BCUT2D eigenvalue weighted by molar-refractivity contribution is 0.285. The number of fused-ring (bicyclic) bond motifs is 1. The van der Waals surface area contributed by atoms with Gasteiger partial charge in [0, 0.05) is 54.1 Å². The van der Waals surface area contributed by atoms with Crippen LogP contribution in [0.25, 0.3) is 16.8 Å². The molecular weight excluding hydrogens is 350 g/mol. The van der Waals surface area contributed by atoms with E-state index in [2.05, 4.69) is 39.0 Å². The molecule has 1 aliphatic carbocycles. The molecule has 2 atom stereocenters. The van der Waals surface area contributed by atoms with Crippen LogP contribution in [0.15, 0.2) is 55.2 Å². The van der Waals surface area contributed by atoms with E-state index < -0.39 is 0 Å². The highest BCUT2D eigenvalue weighted by Crippen LogP contribution is 2.47. The second-order valence-corrected chi connectivity index (χ2v) is 7.42. The maximum absolute atomic E-state index is 6.16. The second-order valence-electron chi connectivity index (χ2n) is 7.42. The number of hydrogen-bond acceptors (Lipinski definition) is 5. The van der Waals surface area contributed by atoms with Gasteiger partial charge in [0.05, 0.1) is 12.2 Å². The van der Waals surface area contributed by atoms with E-state index in [1.54, 1.807) is 6.20 Å². The Balaban J connectivity index is 1.35. The summed E-state index contributed by atoms with van der Waals surface area (Å²) in [5.41, 5.74) is 5.16. The van der Waals surface area contributed by atoms with Gasteiger partial charge in [-0.25, -0.2) is 9.97 Å².